The van der Waals surface area contributed by atoms with E-state index in [-0.39, 0.29) is 20.7 Å². The molecule has 0 bridgehead atoms. The number of rotatable bonds is 6. The fourth-order valence-electron chi connectivity index (χ4n) is 2.23. The van der Waals surface area contributed by atoms with Crippen LogP contribution in [0.3, 0.4) is 0 Å². The van der Waals surface area contributed by atoms with E-state index in [0.717, 1.165) is 15.6 Å². The number of carbonyl (C=O) groups is 1. The van der Waals surface area contributed by atoms with Crippen LogP contribution >= 0.6 is 0 Å². The molecule has 1 atom stereocenters. The number of carbonyl (C=O) groups excluding carboxylic acids is 1. The molecule has 0 heterocycles. The van der Waals surface area contributed by atoms with Gasteiger partial charge < -0.3 is 0 Å². The van der Waals surface area contributed by atoms with E-state index in [1.165, 1.54) is 0 Å². The van der Waals surface area contributed by atoms with Crippen molar-refractivity contribution in [2.75, 3.05) is 7.11 Å². The van der Waals surface area contributed by atoms with Gasteiger partial charge >= 0.3 is 132 Å². The molecular weight excluding hydrogens is 327 g/mol. The second-order valence-corrected chi connectivity index (χ2v) is 6.36. The third-order valence-electron chi connectivity index (χ3n) is 3.30. The van der Waals surface area contributed by atoms with Gasteiger partial charge in [-0.2, -0.15) is 0 Å². The van der Waals surface area contributed by atoms with Gasteiger partial charge in [-0.3, -0.25) is 0 Å². The van der Waals surface area contributed by atoms with Crippen molar-refractivity contribution in [1.29, 1.82) is 0 Å². The molecule has 1 unspecified atom stereocenters. The third kappa shape index (κ3) is 3.51. The Morgan fingerprint density at radius 3 is 2.33 bits per heavy atom. The molecule has 2 aromatic carbocycles. The Morgan fingerprint density at radius 2 is 1.71 bits per heavy atom. The van der Waals surface area contributed by atoms with Crippen molar-refractivity contribution in [1.82, 2.24) is 0 Å². The van der Waals surface area contributed by atoms with Gasteiger partial charge in [0, 0.05) is 0 Å². The summed E-state index contributed by atoms with van der Waals surface area (Å²) in [6.07, 6.45) is -0.406. The number of Topliss-reactive ketones (excluding diaryl/α,β-unsaturated/α-hetero) is 1. The average Bonchev–Trinajstić information content (AvgIpc) is 2.55. The quantitative estimate of drug-likeness (QED) is 0.457. The molecule has 2 aromatic rings. The van der Waals surface area contributed by atoms with E-state index in [1.807, 2.05) is 54.6 Å². The average molecular weight is 345 g/mol. The van der Waals surface area contributed by atoms with Crippen molar-refractivity contribution < 1.29 is 9.53 Å². The zero-order valence-electron chi connectivity index (χ0n) is 12.2. The number of benzene rings is 2. The predicted molar refractivity (Wildman–Crippen MR) is 87.4 cm³/mol. The van der Waals surface area contributed by atoms with Gasteiger partial charge in [0.05, 0.1) is 0 Å². The number of ether oxygens (including phenoxy) is 1. The molecule has 108 valence electrons. The van der Waals surface area contributed by atoms with Gasteiger partial charge in [0.15, 0.2) is 0 Å². The van der Waals surface area contributed by atoms with Crippen molar-refractivity contribution in [2.45, 2.75) is 11.9 Å². The van der Waals surface area contributed by atoms with E-state index >= 15 is 0 Å². The normalized spacial score (nSPS) is 11.9. The summed E-state index contributed by atoms with van der Waals surface area (Å²) >= 11 is 0.266. The van der Waals surface area contributed by atoms with Crippen LogP contribution < -0.4 is 4.46 Å². The van der Waals surface area contributed by atoms with Gasteiger partial charge in [-0.15, -0.1) is 0 Å². The van der Waals surface area contributed by atoms with Gasteiger partial charge in [-0.1, -0.05) is 0 Å². The predicted octanol–water partition coefficient (Wildman–Crippen LogP) is 3.19. The number of methoxy groups -OCH3 is 1. The molecular formula is C18H18O2Se. The van der Waals surface area contributed by atoms with E-state index in [9.17, 15) is 4.79 Å². The molecule has 0 aliphatic carbocycles. The van der Waals surface area contributed by atoms with E-state index in [0.29, 0.717) is 5.57 Å². The zero-order chi connectivity index (χ0) is 15.2. The molecule has 0 amide bonds. The number of hydrogen-bond acceptors (Lipinski definition) is 2. The molecule has 0 saturated carbocycles. The van der Waals surface area contributed by atoms with Crippen LogP contribution in [-0.4, -0.2) is 27.8 Å². The molecule has 0 saturated heterocycles. The minimum atomic E-state index is -0.406. The van der Waals surface area contributed by atoms with Crippen LogP contribution in [0.4, 0.5) is 0 Å². The molecule has 0 aromatic heterocycles. The Morgan fingerprint density at radius 1 is 1.10 bits per heavy atom. The first-order valence-corrected chi connectivity index (χ1v) is 9.20. The summed E-state index contributed by atoms with van der Waals surface area (Å²) in [6, 6.07) is 17.4. The Kier molecular flexibility index (Phi) is 5.51. The summed E-state index contributed by atoms with van der Waals surface area (Å²) in [6.45, 7) is 3.99. The number of ketones is 1. The summed E-state index contributed by atoms with van der Waals surface area (Å²) in [7, 11) is 1.60. The first-order chi connectivity index (χ1) is 10.2. The van der Waals surface area contributed by atoms with E-state index < -0.39 is 6.10 Å². The van der Waals surface area contributed by atoms with E-state index in [4.69, 9.17) is 4.74 Å². The van der Waals surface area contributed by atoms with E-state index in [2.05, 4.69) is 12.4 Å². The van der Waals surface area contributed by atoms with Crippen LogP contribution in [0.15, 0.2) is 66.7 Å². The fourth-order valence-corrected chi connectivity index (χ4v) is 3.48. The topological polar surface area (TPSA) is 26.3 Å². The minimum absolute atomic E-state index is 0.0370. The van der Waals surface area contributed by atoms with Gasteiger partial charge in [0.2, 0.25) is 0 Å². The van der Waals surface area contributed by atoms with Gasteiger partial charge in [0.25, 0.3) is 0 Å². The van der Waals surface area contributed by atoms with E-state index in [1.54, 1.807) is 7.11 Å². The van der Waals surface area contributed by atoms with Crippen LogP contribution in [-0.2, 0) is 4.74 Å². The monoisotopic (exact) mass is 346 g/mol. The summed E-state index contributed by atoms with van der Waals surface area (Å²) < 4.78 is 6.60. The summed E-state index contributed by atoms with van der Waals surface area (Å²) in [5.74, 6) is 2.07. The van der Waals surface area contributed by atoms with Gasteiger partial charge in [0.1, 0.15) is 0 Å². The molecule has 21 heavy (non-hydrogen) atoms. The Hall–Kier alpha value is -1.67. The van der Waals surface area contributed by atoms with Crippen LogP contribution in [0.25, 0.3) is 0 Å². The van der Waals surface area contributed by atoms with Crippen molar-refractivity contribution in [2.24, 2.45) is 0 Å². The molecule has 0 spiro atoms. The molecule has 2 nitrogen and oxygen atoms in total. The maximum absolute atomic E-state index is 12.7. The summed E-state index contributed by atoms with van der Waals surface area (Å²) in [5.41, 5.74) is 2.15. The Labute approximate surface area is 132 Å². The molecule has 2 rings (SSSR count). The van der Waals surface area contributed by atoms with Gasteiger partial charge in [-0.05, 0) is 0 Å². The SMILES string of the molecule is C=C(C(=O)c1ccccc1[Se]C)C(OC)c1ccccc1. The first-order valence-electron chi connectivity index (χ1n) is 6.63. The second kappa shape index (κ2) is 7.37. The molecule has 0 N–H and O–H groups in total. The molecule has 3 heteroatoms. The number of hydrogen-bond donors (Lipinski definition) is 0. The van der Waals surface area contributed by atoms with Crippen LogP contribution in [0.1, 0.15) is 22.0 Å². The van der Waals surface area contributed by atoms with Crippen LogP contribution in [0.2, 0.25) is 5.82 Å². The molecule has 0 fully saturated rings. The Bertz CT molecular complexity index is 635. The van der Waals surface area contributed by atoms with Crippen LogP contribution in [0, 0.1) is 0 Å². The second-order valence-electron chi connectivity index (χ2n) is 4.58. The third-order valence-corrected chi connectivity index (χ3v) is 4.97. The fraction of sp³-hybridized carbons (Fsp3) is 0.167. The molecule has 0 radical (unpaired) electrons. The van der Waals surface area contributed by atoms with Crippen molar-refractivity contribution in [3.05, 3.63) is 77.9 Å². The van der Waals surface area contributed by atoms with Crippen molar-refractivity contribution >= 4 is 25.2 Å². The van der Waals surface area contributed by atoms with Gasteiger partial charge in [-0.25, -0.2) is 0 Å². The molecule has 0 aliphatic rings. The summed E-state index contributed by atoms with van der Waals surface area (Å²) in [5, 5.41) is 0. The summed E-state index contributed by atoms with van der Waals surface area (Å²) in [4.78, 5) is 12.7. The van der Waals surface area contributed by atoms with Crippen LogP contribution in [0.5, 0.6) is 0 Å². The van der Waals surface area contributed by atoms with Crippen molar-refractivity contribution in [3.63, 3.8) is 0 Å². The maximum atomic E-state index is 12.7. The standard InChI is InChI=1S/C18H18O2Se/c1-13(18(20-2)14-9-5-4-6-10-14)17(19)15-11-7-8-12-16(15)21-3/h4-12,18H,1H2,2-3H3. The zero-order valence-corrected chi connectivity index (χ0v) is 13.9. The Balaban J connectivity index is 2.32. The van der Waals surface area contributed by atoms with Crippen molar-refractivity contribution in [3.8, 4) is 0 Å². The first kappa shape index (κ1) is 15.7. The molecule has 0 aliphatic heterocycles.